The number of hydrogen-bond acceptors (Lipinski definition) is 4. The predicted octanol–water partition coefficient (Wildman–Crippen LogP) is 2.17. The molecule has 0 atom stereocenters. The summed E-state index contributed by atoms with van der Waals surface area (Å²) in [5, 5.41) is 6.64. The minimum absolute atomic E-state index is 0.0112. The maximum absolute atomic E-state index is 12.5. The summed E-state index contributed by atoms with van der Waals surface area (Å²) in [5.41, 5.74) is 0.944. The first kappa shape index (κ1) is 20.3. The third-order valence-corrected chi connectivity index (χ3v) is 6.11. The zero-order chi connectivity index (χ0) is 19.3. The molecule has 0 aliphatic carbocycles. The second-order valence-electron chi connectivity index (χ2n) is 7.41. The van der Waals surface area contributed by atoms with Crippen molar-refractivity contribution in [1.29, 1.82) is 0 Å². The molecule has 1 aromatic carbocycles. The number of nitrogens with zero attached hydrogens (tertiary/aromatic N) is 1. The van der Waals surface area contributed by atoms with Crippen LogP contribution in [0.3, 0.4) is 0 Å². The van der Waals surface area contributed by atoms with Crippen molar-refractivity contribution in [3.05, 3.63) is 34.3 Å². The van der Waals surface area contributed by atoms with Crippen LogP contribution in [-0.4, -0.2) is 55.6 Å². The van der Waals surface area contributed by atoms with Crippen molar-refractivity contribution < 1.29 is 14.3 Å². The molecule has 148 valence electrons. The lowest BCUT2D eigenvalue weighted by atomic mass is 9.82. The van der Waals surface area contributed by atoms with Gasteiger partial charge >= 0.3 is 0 Å². The number of nitrogens with one attached hydrogen (secondary N) is 2. The van der Waals surface area contributed by atoms with Gasteiger partial charge in [0.05, 0.1) is 6.54 Å². The molecule has 1 aromatic rings. The highest BCUT2D eigenvalue weighted by molar-refractivity contribution is 9.10. The molecule has 7 heteroatoms. The van der Waals surface area contributed by atoms with Gasteiger partial charge in [0.25, 0.3) is 0 Å². The van der Waals surface area contributed by atoms with Crippen LogP contribution in [0.4, 0.5) is 0 Å². The number of carbonyl (C=O) groups is 2. The zero-order valence-electron chi connectivity index (χ0n) is 15.8. The van der Waals surface area contributed by atoms with E-state index in [1.54, 1.807) is 6.92 Å². The smallest absolute Gasteiger partial charge is 0.234 e. The summed E-state index contributed by atoms with van der Waals surface area (Å²) < 4.78 is 6.59. The van der Waals surface area contributed by atoms with Gasteiger partial charge in [-0.05, 0) is 43.4 Å². The van der Waals surface area contributed by atoms with Crippen LogP contribution in [0.25, 0.3) is 0 Å². The van der Waals surface area contributed by atoms with E-state index in [1.807, 2.05) is 17.0 Å². The topological polar surface area (TPSA) is 70.7 Å². The average molecular weight is 438 g/mol. The van der Waals surface area contributed by atoms with Gasteiger partial charge in [0, 0.05) is 49.3 Å². The molecule has 27 heavy (non-hydrogen) atoms. The van der Waals surface area contributed by atoms with Gasteiger partial charge in [-0.25, -0.2) is 0 Å². The molecule has 6 nitrogen and oxygen atoms in total. The molecule has 0 radical (unpaired) electrons. The minimum Gasteiger partial charge on any atom is -0.381 e. The maximum atomic E-state index is 12.5. The predicted molar refractivity (Wildman–Crippen MR) is 107 cm³/mol. The van der Waals surface area contributed by atoms with Crippen LogP contribution in [0, 0.1) is 0 Å². The van der Waals surface area contributed by atoms with E-state index in [0.29, 0.717) is 26.3 Å². The van der Waals surface area contributed by atoms with Crippen molar-refractivity contribution in [2.24, 2.45) is 0 Å². The van der Waals surface area contributed by atoms with E-state index in [0.717, 1.165) is 30.2 Å². The SMILES string of the molecule is CC(=O)N1CCC(NC(=O)CNC2(c3cccc(Br)c3)CCOCC2)CC1. The maximum Gasteiger partial charge on any atom is 0.234 e. The van der Waals surface area contributed by atoms with Crippen molar-refractivity contribution in [3.63, 3.8) is 0 Å². The number of amides is 2. The first-order chi connectivity index (χ1) is 13.0. The number of piperidine rings is 1. The minimum atomic E-state index is -0.239. The van der Waals surface area contributed by atoms with Crippen LogP contribution in [0.1, 0.15) is 38.2 Å². The average Bonchev–Trinajstić information content (AvgIpc) is 2.67. The quantitative estimate of drug-likeness (QED) is 0.740. The van der Waals surface area contributed by atoms with Gasteiger partial charge in [-0.2, -0.15) is 0 Å². The normalized spacial score (nSPS) is 20.3. The number of benzene rings is 1. The Labute approximate surface area is 169 Å². The van der Waals surface area contributed by atoms with E-state index >= 15 is 0 Å². The van der Waals surface area contributed by atoms with Gasteiger partial charge in [-0.1, -0.05) is 28.1 Å². The fourth-order valence-electron chi connectivity index (χ4n) is 3.94. The van der Waals surface area contributed by atoms with Gasteiger partial charge in [0.2, 0.25) is 11.8 Å². The van der Waals surface area contributed by atoms with E-state index in [1.165, 1.54) is 5.56 Å². The van der Waals surface area contributed by atoms with Crippen molar-refractivity contribution in [2.45, 2.75) is 44.2 Å². The number of ether oxygens (including phenoxy) is 1. The summed E-state index contributed by atoms with van der Waals surface area (Å²) in [6.45, 7) is 4.67. The fourth-order valence-corrected chi connectivity index (χ4v) is 4.34. The summed E-state index contributed by atoms with van der Waals surface area (Å²) in [6.07, 6.45) is 3.31. The Morgan fingerprint density at radius 2 is 1.96 bits per heavy atom. The zero-order valence-corrected chi connectivity index (χ0v) is 17.4. The highest BCUT2D eigenvalue weighted by Crippen LogP contribution is 2.33. The van der Waals surface area contributed by atoms with Crippen LogP contribution in [0.15, 0.2) is 28.7 Å². The van der Waals surface area contributed by atoms with E-state index in [-0.39, 0.29) is 29.9 Å². The van der Waals surface area contributed by atoms with Crippen molar-refractivity contribution in [1.82, 2.24) is 15.5 Å². The third-order valence-electron chi connectivity index (χ3n) is 5.62. The van der Waals surface area contributed by atoms with E-state index in [2.05, 4.69) is 38.7 Å². The van der Waals surface area contributed by atoms with Gasteiger partial charge in [0.1, 0.15) is 0 Å². The summed E-state index contributed by atoms with van der Waals surface area (Å²) in [7, 11) is 0. The van der Waals surface area contributed by atoms with Crippen LogP contribution in [0.5, 0.6) is 0 Å². The summed E-state index contributed by atoms with van der Waals surface area (Å²) in [6, 6.07) is 8.41. The molecule has 0 unspecified atom stereocenters. The summed E-state index contributed by atoms with van der Waals surface area (Å²) in [4.78, 5) is 25.8. The van der Waals surface area contributed by atoms with E-state index in [9.17, 15) is 9.59 Å². The van der Waals surface area contributed by atoms with Gasteiger partial charge in [-0.15, -0.1) is 0 Å². The van der Waals surface area contributed by atoms with Crippen LogP contribution < -0.4 is 10.6 Å². The Balaban J connectivity index is 1.56. The molecule has 3 rings (SSSR count). The molecule has 0 aromatic heterocycles. The van der Waals surface area contributed by atoms with Crippen molar-refractivity contribution >= 4 is 27.7 Å². The first-order valence-corrected chi connectivity index (χ1v) is 10.4. The molecule has 2 amide bonds. The molecule has 0 bridgehead atoms. The molecule has 2 fully saturated rings. The number of halogens is 1. The largest absolute Gasteiger partial charge is 0.381 e. The molecular weight excluding hydrogens is 410 g/mol. The Hall–Kier alpha value is -1.44. The van der Waals surface area contributed by atoms with Crippen molar-refractivity contribution in [3.8, 4) is 0 Å². The monoisotopic (exact) mass is 437 g/mol. The molecule has 2 aliphatic heterocycles. The standard InChI is InChI=1S/C20H28BrN3O3/c1-15(25)24-9-5-18(6-10-24)23-19(26)14-22-20(7-11-27-12-8-20)16-3-2-4-17(21)13-16/h2-4,13,18,22H,5-12,14H2,1H3,(H,23,26). The van der Waals surface area contributed by atoms with Crippen LogP contribution >= 0.6 is 15.9 Å². The Kier molecular flexibility index (Phi) is 6.89. The molecule has 2 heterocycles. The lowest BCUT2D eigenvalue weighted by Gasteiger charge is -2.39. The lowest BCUT2D eigenvalue weighted by molar-refractivity contribution is -0.130. The number of carbonyl (C=O) groups excluding carboxylic acids is 2. The molecule has 2 N–H and O–H groups in total. The second-order valence-corrected chi connectivity index (χ2v) is 8.32. The summed E-state index contributed by atoms with van der Waals surface area (Å²) >= 11 is 3.55. The third kappa shape index (κ3) is 5.30. The Bertz CT molecular complexity index is 668. The van der Waals surface area contributed by atoms with Gasteiger partial charge in [0.15, 0.2) is 0 Å². The molecule has 2 saturated heterocycles. The molecule has 0 saturated carbocycles. The van der Waals surface area contributed by atoms with Crippen LogP contribution in [0.2, 0.25) is 0 Å². The Morgan fingerprint density at radius 3 is 2.59 bits per heavy atom. The van der Waals surface area contributed by atoms with Crippen LogP contribution in [-0.2, 0) is 19.9 Å². The highest BCUT2D eigenvalue weighted by Gasteiger charge is 2.34. The van der Waals surface area contributed by atoms with Gasteiger partial charge < -0.3 is 15.0 Å². The molecule has 2 aliphatic rings. The number of hydrogen-bond donors (Lipinski definition) is 2. The fraction of sp³-hybridized carbons (Fsp3) is 0.600. The number of rotatable bonds is 5. The number of likely N-dealkylation sites (tertiary alicyclic amines) is 1. The van der Waals surface area contributed by atoms with Crippen molar-refractivity contribution in [2.75, 3.05) is 32.8 Å². The molecular formula is C20H28BrN3O3. The second kappa shape index (κ2) is 9.17. The first-order valence-electron chi connectivity index (χ1n) is 9.62. The Morgan fingerprint density at radius 1 is 1.26 bits per heavy atom. The van der Waals surface area contributed by atoms with E-state index < -0.39 is 0 Å². The lowest BCUT2D eigenvalue weighted by Crippen LogP contribution is -2.52. The highest BCUT2D eigenvalue weighted by atomic mass is 79.9. The summed E-state index contributed by atoms with van der Waals surface area (Å²) in [5.74, 6) is 0.120. The molecule has 0 spiro atoms. The van der Waals surface area contributed by atoms with E-state index in [4.69, 9.17) is 4.74 Å². The van der Waals surface area contributed by atoms with Gasteiger partial charge in [-0.3, -0.25) is 14.9 Å².